The molecule has 110 valence electrons. The molecule has 1 unspecified atom stereocenters. The first kappa shape index (κ1) is 15.7. The van der Waals surface area contributed by atoms with Gasteiger partial charge in [0.15, 0.2) is 11.5 Å². The summed E-state index contributed by atoms with van der Waals surface area (Å²) in [5, 5.41) is 29.9. The van der Waals surface area contributed by atoms with Crippen molar-refractivity contribution >= 4 is 11.7 Å². The van der Waals surface area contributed by atoms with Crippen LogP contribution in [0.25, 0.3) is 0 Å². The minimum absolute atomic E-state index is 0.0641. The third kappa shape index (κ3) is 3.84. The van der Waals surface area contributed by atoms with Crippen LogP contribution in [0.15, 0.2) is 12.1 Å². The van der Waals surface area contributed by atoms with Crippen molar-refractivity contribution in [1.82, 2.24) is 0 Å². The number of hydrogen-bond acceptors (Lipinski definition) is 6. The second kappa shape index (κ2) is 6.23. The second-order valence-electron chi connectivity index (χ2n) is 4.88. The Bertz CT molecular complexity index is 526. The van der Waals surface area contributed by atoms with Crippen LogP contribution in [0.5, 0.6) is 11.5 Å². The number of aromatic hydroxyl groups is 2. The van der Waals surface area contributed by atoms with Crippen LogP contribution in [0, 0.1) is 16.0 Å². The number of nitro benzene ring substituents is 1. The molecule has 20 heavy (non-hydrogen) atoms. The Morgan fingerprint density at radius 2 is 1.90 bits per heavy atom. The van der Waals surface area contributed by atoms with Crippen LogP contribution in [-0.4, -0.2) is 21.1 Å². The van der Waals surface area contributed by atoms with Gasteiger partial charge in [0.25, 0.3) is 5.69 Å². The SMILES string of the molecule is CC(=O)OC(CC(C)C)c1cc(O)c(O)cc1[N+](=O)[O-]. The molecule has 0 bridgehead atoms. The number of esters is 1. The van der Waals surface area contributed by atoms with Crippen molar-refractivity contribution in [3.63, 3.8) is 0 Å². The molecule has 0 saturated carbocycles. The minimum atomic E-state index is -0.848. The van der Waals surface area contributed by atoms with Crippen LogP contribution in [0.4, 0.5) is 5.69 Å². The highest BCUT2D eigenvalue weighted by molar-refractivity contribution is 5.67. The van der Waals surface area contributed by atoms with Gasteiger partial charge >= 0.3 is 5.97 Å². The molecule has 0 heterocycles. The Morgan fingerprint density at radius 3 is 2.35 bits per heavy atom. The first-order chi connectivity index (χ1) is 9.22. The van der Waals surface area contributed by atoms with E-state index in [1.807, 2.05) is 13.8 Å². The van der Waals surface area contributed by atoms with Gasteiger partial charge in [0, 0.05) is 6.92 Å². The summed E-state index contributed by atoms with van der Waals surface area (Å²) in [5.41, 5.74) is -0.332. The number of carbonyl (C=O) groups is 1. The highest BCUT2D eigenvalue weighted by Crippen LogP contribution is 2.39. The number of phenols is 2. The molecule has 0 aliphatic heterocycles. The molecule has 2 N–H and O–H groups in total. The molecule has 0 amide bonds. The van der Waals surface area contributed by atoms with Gasteiger partial charge in [0.05, 0.1) is 16.6 Å². The Hall–Kier alpha value is -2.31. The van der Waals surface area contributed by atoms with Crippen molar-refractivity contribution in [2.24, 2.45) is 5.92 Å². The Labute approximate surface area is 116 Å². The predicted octanol–water partition coefficient (Wildman–Crippen LogP) is 2.66. The molecular weight excluding hydrogens is 266 g/mol. The Morgan fingerprint density at radius 1 is 1.35 bits per heavy atom. The lowest BCUT2D eigenvalue weighted by molar-refractivity contribution is -0.386. The van der Waals surface area contributed by atoms with Crippen molar-refractivity contribution in [3.05, 3.63) is 27.8 Å². The Kier molecular flexibility index (Phi) is 4.90. The van der Waals surface area contributed by atoms with E-state index in [9.17, 15) is 25.1 Å². The summed E-state index contributed by atoms with van der Waals surface area (Å²) in [7, 11) is 0. The van der Waals surface area contributed by atoms with Crippen LogP contribution >= 0.6 is 0 Å². The maximum absolute atomic E-state index is 11.1. The average molecular weight is 283 g/mol. The third-order valence-electron chi connectivity index (χ3n) is 2.66. The lowest BCUT2D eigenvalue weighted by Gasteiger charge is -2.19. The van der Waals surface area contributed by atoms with E-state index in [2.05, 4.69) is 0 Å². The van der Waals surface area contributed by atoms with Crippen molar-refractivity contribution in [3.8, 4) is 11.5 Å². The highest BCUT2D eigenvalue weighted by Gasteiger charge is 2.27. The normalized spacial score (nSPS) is 12.2. The molecule has 1 aromatic carbocycles. The third-order valence-corrected chi connectivity index (χ3v) is 2.66. The number of carbonyl (C=O) groups excluding carboxylic acids is 1. The first-order valence-corrected chi connectivity index (χ1v) is 6.09. The zero-order valence-electron chi connectivity index (χ0n) is 11.5. The minimum Gasteiger partial charge on any atom is -0.504 e. The van der Waals surface area contributed by atoms with Gasteiger partial charge in [-0.1, -0.05) is 13.8 Å². The monoisotopic (exact) mass is 283 g/mol. The number of ether oxygens (including phenoxy) is 1. The summed E-state index contributed by atoms with van der Waals surface area (Å²) in [5.74, 6) is -1.54. The number of benzene rings is 1. The number of rotatable bonds is 5. The van der Waals surface area contributed by atoms with Crippen LogP contribution in [0.3, 0.4) is 0 Å². The van der Waals surface area contributed by atoms with Crippen molar-refractivity contribution in [1.29, 1.82) is 0 Å². The summed E-state index contributed by atoms with van der Waals surface area (Å²) in [6.45, 7) is 4.96. The predicted molar refractivity (Wildman–Crippen MR) is 70.4 cm³/mol. The van der Waals surface area contributed by atoms with Crippen molar-refractivity contribution in [2.45, 2.75) is 33.3 Å². The van der Waals surface area contributed by atoms with E-state index in [0.29, 0.717) is 6.42 Å². The summed E-state index contributed by atoms with van der Waals surface area (Å²) < 4.78 is 5.10. The number of hydrogen-bond donors (Lipinski definition) is 2. The average Bonchev–Trinajstić information content (AvgIpc) is 2.29. The van der Waals surface area contributed by atoms with Crippen molar-refractivity contribution in [2.75, 3.05) is 0 Å². The van der Waals surface area contributed by atoms with Gasteiger partial charge in [-0.15, -0.1) is 0 Å². The van der Waals surface area contributed by atoms with E-state index in [-0.39, 0.29) is 11.5 Å². The van der Waals surface area contributed by atoms with E-state index in [1.165, 1.54) is 6.92 Å². The number of phenolic OH excluding ortho intramolecular Hbond substituents is 2. The molecule has 0 radical (unpaired) electrons. The maximum Gasteiger partial charge on any atom is 0.303 e. The van der Waals surface area contributed by atoms with Gasteiger partial charge in [-0.25, -0.2) is 0 Å². The van der Waals surface area contributed by atoms with E-state index < -0.39 is 34.2 Å². The zero-order chi connectivity index (χ0) is 15.4. The lowest BCUT2D eigenvalue weighted by Crippen LogP contribution is -2.13. The van der Waals surface area contributed by atoms with E-state index in [1.54, 1.807) is 0 Å². The lowest BCUT2D eigenvalue weighted by atomic mass is 9.97. The largest absolute Gasteiger partial charge is 0.504 e. The van der Waals surface area contributed by atoms with Crippen LogP contribution in [0.1, 0.15) is 38.9 Å². The summed E-state index contributed by atoms with van der Waals surface area (Å²) in [6.07, 6.45) is -0.482. The molecule has 0 aliphatic rings. The number of nitro groups is 1. The fourth-order valence-electron chi connectivity index (χ4n) is 1.87. The first-order valence-electron chi connectivity index (χ1n) is 6.09. The van der Waals surface area contributed by atoms with E-state index in [4.69, 9.17) is 4.74 Å². The summed E-state index contributed by atoms with van der Waals surface area (Å²) in [6, 6.07) is 1.91. The molecule has 0 spiro atoms. The van der Waals surface area contributed by atoms with E-state index >= 15 is 0 Å². The molecule has 7 nitrogen and oxygen atoms in total. The van der Waals surface area contributed by atoms with Gasteiger partial charge in [-0.2, -0.15) is 0 Å². The second-order valence-corrected chi connectivity index (χ2v) is 4.88. The maximum atomic E-state index is 11.1. The molecular formula is C13H17NO6. The highest BCUT2D eigenvalue weighted by atomic mass is 16.6. The topological polar surface area (TPSA) is 110 Å². The van der Waals surface area contributed by atoms with Gasteiger partial charge in [-0.05, 0) is 18.4 Å². The van der Waals surface area contributed by atoms with Gasteiger partial charge in [0.2, 0.25) is 0 Å². The molecule has 0 aliphatic carbocycles. The van der Waals surface area contributed by atoms with Gasteiger partial charge in [-0.3, -0.25) is 14.9 Å². The fraction of sp³-hybridized carbons (Fsp3) is 0.462. The van der Waals surface area contributed by atoms with Crippen LogP contribution in [0.2, 0.25) is 0 Å². The van der Waals surface area contributed by atoms with Gasteiger partial charge < -0.3 is 14.9 Å². The van der Waals surface area contributed by atoms with Crippen LogP contribution in [-0.2, 0) is 9.53 Å². The fourth-order valence-corrected chi connectivity index (χ4v) is 1.87. The summed E-state index contributed by atoms with van der Waals surface area (Å²) >= 11 is 0. The molecule has 0 fully saturated rings. The van der Waals surface area contributed by atoms with Crippen molar-refractivity contribution < 1.29 is 24.7 Å². The smallest absolute Gasteiger partial charge is 0.303 e. The molecule has 1 aromatic rings. The molecule has 7 heteroatoms. The van der Waals surface area contributed by atoms with Crippen LogP contribution < -0.4 is 0 Å². The summed E-state index contributed by atoms with van der Waals surface area (Å²) in [4.78, 5) is 21.5. The Balaban J connectivity index is 3.33. The number of nitrogens with zero attached hydrogens (tertiary/aromatic N) is 1. The standard InChI is InChI=1S/C13H17NO6/c1-7(2)4-13(20-8(3)15)9-5-11(16)12(17)6-10(9)14(18)19/h5-7,13,16-17H,4H2,1-3H3. The quantitative estimate of drug-likeness (QED) is 0.372. The molecule has 0 saturated heterocycles. The molecule has 1 rings (SSSR count). The molecule has 0 aromatic heterocycles. The zero-order valence-corrected chi connectivity index (χ0v) is 11.5. The van der Waals surface area contributed by atoms with E-state index in [0.717, 1.165) is 12.1 Å². The molecule has 1 atom stereocenters. The van der Waals surface area contributed by atoms with Gasteiger partial charge in [0.1, 0.15) is 6.10 Å².